The van der Waals surface area contributed by atoms with Gasteiger partial charge in [0.1, 0.15) is 11.8 Å². The molecule has 0 aliphatic carbocycles. The van der Waals surface area contributed by atoms with Gasteiger partial charge in [-0.1, -0.05) is 33.6 Å². The molecule has 2 atom stereocenters. The van der Waals surface area contributed by atoms with Gasteiger partial charge in [0.05, 0.1) is 29.4 Å². The van der Waals surface area contributed by atoms with Crippen molar-refractivity contribution in [2.75, 3.05) is 5.75 Å². The second-order valence-corrected chi connectivity index (χ2v) is 9.73. The maximum Gasteiger partial charge on any atom is 0.255 e. The van der Waals surface area contributed by atoms with E-state index in [1.807, 2.05) is 6.92 Å². The lowest BCUT2D eigenvalue weighted by Gasteiger charge is -2.24. The highest BCUT2D eigenvalue weighted by atomic mass is 32.2. The number of halogens is 4. The summed E-state index contributed by atoms with van der Waals surface area (Å²) in [6.45, 7) is 5.48. The molecule has 0 radical (unpaired) electrons. The first-order valence-electron chi connectivity index (χ1n) is 11.6. The predicted octanol–water partition coefficient (Wildman–Crippen LogP) is 5.16. The van der Waals surface area contributed by atoms with E-state index in [1.54, 1.807) is 26.0 Å². The summed E-state index contributed by atoms with van der Waals surface area (Å²) in [4.78, 5) is 38.4. The van der Waals surface area contributed by atoms with E-state index in [-0.39, 0.29) is 29.9 Å². The number of unbranched alkanes of at least 4 members (excludes halogenated alkanes) is 1. The molecular weight excluding hydrogens is 500 g/mol. The zero-order valence-electron chi connectivity index (χ0n) is 20.3. The Kier molecular flexibility index (Phi) is 11.5. The third-order valence-corrected chi connectivity index (χ3v) is 6.27. The molecule has 0 aliphatic rings. The average Bonchev–Trinajstić information content (AvgIpc) is 3.35. The van der Waals surface area contributed by atoms with Gasteiger partial charge >= 0.3 is 0 Å². The molecule has 0 saturated carbocycles. The Balaban J connectivity index is 2.12. The zero-order valence-corrected chi connectivity index (χ0v) is 21.2. The highest BCUT2D eigenvalue weighted by Gasteiger charge is 2.29. The number of benzene rings is 1. The molecule has 2 N–H and O–H groups in total. The lowest BCUT2D eigenvalue weighted by molar-refractivity contribution is -0.128. The standard InChI is InChI=1S/C25H30F4N2O4S/c1-4-5-8-18(20(32)13-36-12-15-7-6-9-35-15)30-25(34)19(10-14(2)3)31-24(33)16-11-17(26)22(28)23(29)21(16)27/h6-7,9,11,14,18-19H,4-5,8,10,12-13H2,1-3H3,(H,30,34)(H,31,33)/t18-,19-/m0/s1. The highest BCUT2D eigenvalue weighted by molar-refractivity contribution is 7.99. The van der Waals surface area contributed by atoms with Crippen LogP contribution in [0.25, 0.3) is 0 Å². The third kappa shape index (κ3) is 8.39. The Morgan fingerprint density at radius 2 is 1.75 bits per heavy atom. The summed E-state index contributed by atoms with van der Waals surface area (Å²) in [6.07, 6.45) is 3.47. The fourth-order valence-electron chi connectivity index (χ4n) is 3.42. The monoisotopic (exact) mass is 530 g/mol. The minimum atomic E-state index is -2.12. The van der Waals surface area contributed by atoms with Gasteiger partial charge in [0, 0.05) is 0 Å². The van der Waals surface area contributed by atoms with Crippen molar-refractivity contribution in [3.63, 3.8) is 0 Å². The van der Waals surface area contributed by atoms with E-state index < -0.39 is 52.7 Å². The van der Waals surface area contributed by atoms with E-state index in [0.29, 0.717) is 24.4 Å². The van der Waals surface area contributed by atoms with Crippen molar-refractivity contribution in [3.05, 3.63) is 59.1 Å². The number of hydrogen-bond donors (Lipinski definition) is 2. The molecule has 0 aliphatic heterocycles. The Labute approximate surface area is 211 Å². The first-order valence-corrected chi connectivity index (χ1v) is 12.8. The summed E-state index contributed by atoms with van der Waals surface area (Å²) < 4.78 is 59.8. The number of carbonyl (C=O) groups is 3. The van der Waals surface area contributed by atoms with Crippen LogP contribution in [-0.4, -0.2) is 35.4 Å². The van der Waals surface area contributed by atoms with Crippen molar-refractivity contribution in [2.24, 2.45) is 5.92 Å². The summed E-state index contributed by atoms with van der Waals surface area (Å²) in [5.41, 5.74) is -1.07. The molecule has 1 heterocycles. The van der Waals surface area contributed by atoms with E-state index in [9.17, 15) is 31.9 Å². The van der Waals surface area contributed by atoms with Gasteiger partial charge in [0.15, 0.2) is 29.1 Å². The van der Waals surface area contributed by atoms with E-state index in [4.69, 9.17) is 4.42 Å². The first-order chi connectivity index (χ1) is 17.0. The second kappa shape index (κ2) is 14.1. The number of amides is 2. The molecule has 2 amide bonds. The minimum Gasteiger partial charge on any atom is -0.468 e. The maximum absolute atomic E-state index is 14.1. The Morgan fingerprint density at radius 3 is 2.36 bits per heavy atom. The van der Waals surface area contributed by atoms with Crippen LogP contribution in [0.4, 0.5) is 17.6 Å². The molecule has 0 spiro atoms. The fourth-order valence-corrected chi connectivity index (χ4v) is 4.29. The van der Waals surface area contributed by atoms with Crippen molar-refractivity contribution in [1.29, 1.82) is 0 Å². The van der Waals surface area contributed by atoms with Crippen LogP contribution in [0.2, 0.25) is 0 Å². The van der Waals surface area contributed by atoms with Crippen LogP contribution >= 0.6 is 11.8 Å². The normalized spacial score (nSPS) is 12.9. The zero-order chi connectivity index (χ0) is 26.8. The van der Waals surface area contributed by atoms with Crippen molar-refractivity contribution < 1.29 is 36.4 Å². The Morgan fingerprint density at radius 1 is 1.03 bits per heavy atom. The SMILES string of the molecule is CCCC[C@H](NC(=O)[C@H](CC(C)C)NC(=O)c1cc(F)c(F)c(F)c1F)C(=O)CSCc1ccco1. The van der Waals surface area contributed by atoms with Gasteiger partial charge in [-0.05, 0) is 37.0 Å². The molecule has 1 aromatic carbocycles. The number of hydrogen-bond acceptors (Lipinski definition) is 5. The van der Waals surface area contributed by atoms with Crippen LogP contribution in [0, 0.1) is 29.2 Å². The van der Waals surface area contributed by atoms with Crippen molar-refractivity contribution in [2.45, 2.75) is 64.3 Å². The van der Waals surface area contributed by atoms with Crippen LogP contribution in [0.3, 0.4) is 0 Å². The van der Waals surface area contributed by atoms with Gasteiger partial charge in [0.2, 0.25) is 5.91 Å². The topological polar surface area (TPSA) is 88.4 Å². The Bertz CT molecular complexity index is 1050. The average molecular weight is 531 g/mol. The van der Waals surface area contributed by atoms with Gasteiger partial charge in [-0.2, -0.15) is 0 Å². The molecule has 0 saturated heterocycles. The van der Waals surface area contributed by atoms with E-state index in [1.165, 1.54) is 18.0 Å². The predicted molar refractivity (Wildman–Crippen MR) is 128 cm³/mol. The van der Waals surface area contributed by atoms with Gasteiger partial charge in [-0.3, -0.25) is 14.4 Å². The Hall–Kier alpha value is -2.82. The van der Waals surface area contributed by atoms with Crippen LogP contribution in [-0.2, 0) is 15.3 Å². The van der Waals surface area contributed by atoms with Gasteiger partial charge in [-0.25, -0.2) is 17.6 Å². The number of nitrogens with one attached hydrogen (secondary N) is 2. The number of furan rings is 1. The molecule has 0 bridgehead atoms. The minimum absolute atomic E-state index is 0.104. The van der Waals surface area contributed by atoms with E-state index >= 15 is 0 Å². The van der Waals surface area contributed by atoms with Gasteiger partial charge < -0.3 is 15.1 Å². The summed E-state index contributed by atoms with van der Waals surface area (Å²) in [6, 6.07) is 1.73. The molecule has 1 aromatic heterocycles. The maximum atomic E-state index is 14.1. The van der Waals surface area contributed by atoms with Gasteiger partial charge in [-0.15, -0.1) is 11.8 Å². The van der Waals surface area contributed by atoms with Gasteiger partial charge in [0.25, 0.3) is 5.91 Å². The molecule has 0 unspecified atom stereocenters. The highest BCUT2D eigenvalue weighted by Crippen LogP contribution is 2.20. The number of rotatable bonds is 14. The number of thioether (sulfide) groups is 1. The summed E-state index contributed by atoms with van der Waals surface area (Å²) in [5.74, 6) is -8.74. The van der Waals surface area contributed by atoms with E-state index in [2.05, 4.69) is 10.6 Å². The number of ketones is 1. The smallest absolute Gasteiger partial charge is 0.255 e. The van der Waals surface area contributed by atoms with Crippen LogP contribution in [0.1, 0.15) is 62.6 Å². The largest absolute Gasteiger partial charge is 0.468 e. The van der Waals surface area contributed by atoms with E-state index in [0.717, 1.165) is 6.42 Å². The molecule has 6 nitrogen and oxygen atoms in total. The summed E-state index contributed by atoms with van der Waals surface area (Å²) >= 11 is 1.33. The third-order valence-electron chi connectivity index (χ3n) is 5.30. The van der Waals surface area contributed by atoms with Crippen LogP contribution in [0.15, 0.2) is 28.9 Å². The molecule has 11 heteroatoms. The lowest BCUT2D eigenvalue weighted by atomic mass is 10.0. The molecule has 198 valence electrons. The number of Topliss-reactive ketones (excluding diaryl/α,β-unsaturated/α-hetero) is 1. The quantitative estimate of drug-likeness (QED) is 0.200. The fraction of sp³-hybridized carbons (Fsp3) is 0.480. The first kappa shape index (κ1) is 29.4. The van der Waals surface area contributed by atoms with Crippen LogP contribution in [0.5, 0.6) is 0 Å². The molecular formula is C25H30F4N2O4S. The number of carbonyl (C=O) groups excluding carboxylic acids is 3. The lowest BCUT2D eigenvalue weighted by Crippen LogP contribution is -2.52. The van der Waals surface area contributed by atoms with Crippen LogP contribution < -0.4 is 10.6 Å². The van der Waals surface area contributed by atoms with Crippen molar-refractivity contribution >= 4 is 29.4 Å². The second-order valence-electron chi connectivity index (χ2n) is 8.75. The molecule has 2 rings (SSSR count). The molecule has 36 heavy (non-hydrogen) atoms. The summed E-state index contributed by atoms with van der Waals surface area (Å²) in [7, 11) is 0. The molecule has 0 fully saturated rings. The van der Waals surface area contributed by atoms with Crippen molar-refractivity contribution in [3.8, 4) is 0 Å². The van der Waals surface area contributed by atoms with Crippen molar-refractivity contribution in [1.82, 2.24) is 10.6 Å². The summed E-state index contributed by atoms with van der Waals surface area (Å²) in [5, 5.41) is 4.93. The molecule has 2 aromatic rings.